The minimum Gasteiger partial charge on any atom is -0.493 e. The van der Waals surface area contributed by atoms with Crippen LogP contribution in [0.3, 0.4) is 0 Å². The van der Waals surface area contributed by atoms with Crippen molar-refractivity contribution in [1.82, 2.24) is 9.97 Å². The smallest absolute Gasteiger partial charge is 0.416 e. The molecule has 2 aromatic carbocycles. The predicted octanol–water partition coefficient (Wildman–Crippen LogP) is 4.52. The molecular formula is C24H27F3N4O4. The molecule has 0 bridgehead atoms. The van der Waals surface area contributed by atoms with E-state index in [1.54, 1.807) is 26.0 Å². The molecule has 0 amide bonds. The van der Waals surface area contributed by atoms with Crippen molar-refractivity contribution in [1.29, 1.82) is 0 Å². The first-order valence-electron chi connectivity index (χ1n) is 11.1. The van der Waals surface area contributed by atoms with Gasteiger partial charge in [-0.1, -0.05) is 0 Å². The summed E-state index contributed by atoms with van der Waals surface area (Å²) in [5, 5.41) is 3.83. The van der Waals surface area contributed by atoms with E-state index in [9.17, 15) is 13.2 Å². The molecule has 0 spiro atoms. The van der Waals surface area contributed by atoms with Crippen molar-refractivity contribution in [3.05, 3.63) is 47.3 Å². The van der Waals surface area contributed by atoms with E-state index >= 15 is 0 Å². The Morgan fingerprint density at radius 3 is 2.54 bits per heavy atom. The number of aryl methyl sites for hydroxylation is 1. The molecule has 2 heterocycles. The van der Waals surface area contributed by atoms with E-state index in [4.69, 9.17) is 24.7 Å². The average Bonchev–Trinajstić information content (AvgIpc) is 2.76. The summed E-state index contributed by atoms with van der Waals surface area (Å²) < 4.78 is 61.9. The zero-order valence-electron chi connectivity index (χ0n) is 19.6. The Hall–Kier alpha value is -3.31. The second kappa shape index (κ2) is 10.1. The maximum Gasteiger partial charge on any atom is 0.416 e. The number of rotatable bonds is 9. The Labute approximate surface area is 200 Å². The maximum absolute atomic E-state index is 13.3. The van der Waals surface area contributed by atoms with Crippen molar-refractivity contribution in [2.24, 2.45) is 0 Å². The summed E-state index contributed by atoms with van der Waals surface area (Å²) in [6.45, 7) is 5.32. The van der Waals surface area contributed by atoms with Crippen LogP contribution in [0.4, 0.5) is 24.7 Å². The van der Waals surface area contributed by atoms with Crippen molar-refractivity contribution in [2.45, 2.75) is 32.2 Å². The third kappa shape index (κ3) is 5.85. The molecule has 1 aliphatic heterocycles. The molecule has 1 fully saturated rings. The number of nitrogens with one attached hydrogen (secondary N) is 1. The third-order valence-electron chi connectivity index (χ3n) is 5.55. The van der Waals surface area contributed by atoms with Gasteiger partial charge in [-0.2, -0.15) is 13.2 Å². The van der Waals surface area contributed by atoms with Gasteiger partial charge in [0.2, 0.25) is 0 Å². The number of methoxy groups -OCH3 is 1. The van der Waals surface area contributed by atoms with Crippen LogP contribution in [0.15, 0.2) is 30.3 Å². The third-order valence-corrected chi connectivity index (χ3v) is 5.55. The molecule has 1 atom stereocenters. The number of ether oxygens (including phenoxy) is 4. The van der Waals surface area contributed by atoms with Gasteiger partial charge in [-0.15, -0.1) is 0 Å². The highest BCUT2D eigenvalue weighted by atomic mass is 19.4. The molecule has 8 nitrogen and oxygen atoms in total. The highest BCUT2D eigenvalue weighted by molar-refractivity contribution is 5.92. The Morgan fingerprint density at radius 2 is 1.89 bits per heavy atom. The molecule has 1 aromatic heterocycles. The highest BCUT2D eigenvalue weighted by Crippen LogP contribution is 2.36. The number of anilines is 2. The molecule has 3 N–H and O–H groups in total. The Bertz CT molecular complexity index is 1200. The molecule has 0 saturated carbocycles. The molecule has 1 saturated heterocycles. The van der Waals surface area contributed by atoms with E-state index in [0.717, 1.165) is 12.1 Å². The summed E-state index contributed by atoms with van der Waals surface area (Å²) in [5.41, 5.74) is 5.95. The second-order valence-electron chi connectivity index (χ2n) is 8.27. The van der Waals surface area contributed by atoms with E-state index in [1.807, 2.05) is 0 Å². The van der Waals surface area contributed by atoms with Gasteiger partial charge in [0.25, 0.3) is 0 Å². The maximum atomic E-state index is 13.3. The molecule has 4 rings (SSSR count). The van der Waals surface area contributed by atoms with Crippen LogP contribution in [-0.2, 0) is 15.7 Å². The van der Waals surface area contributed by atoms with Gasteiger partial charge in [-0.3, -0.25) is 0 Å². The predicted molar refractivity (Wildman–Crippen MR) is 125 cm³/mol. The number of aromatic nitrogens is 2. The first-order chi connectivity index (χ1) is 16.6. The first kappa shape index (κ1) is 24.8. The van der Waals surface area contributed by atoms with Gasteiger partial charge in [0.15, 0.2) is 11.5 Å². The average molecular weight is 492 g/mol. The van der Waals surface area contributed by atoms with E-state index in [1.165, 1.54) is 13.2 Å². The van der Waals surface area contributed by atoms with Crippen LogP contribution in [-0.4, -0.2) is 49.6 Å². The molecule has 1 unspecified atom stereocenters. The Kier molecular flexibility index (Phi) is 7.18. The van der Waals surface area contributed by atoms with Crippen LogP contribution in [0.25, 0.3) is 10.9 Å². The van der Waals surface area contributed by atoms with Crippen LogP contribution < -0.4 is 20.5 Å². The molecule has 0 radical (unpaired) electrons. The largest absolute Gasteiger partial charge is 0.493 e. The Morgan fingerprint density at radius 1 is 1.11 bits per heavy atom. The molecule has 35 heavy (non-hydrogen) atoms. The topological polar surface area (TPSA) is 101 Å². The van der Waals surface area contributed by atoms with E-state index in [0.29, 0.717) is 66.0 Å². The molecule has 3 aromatic rings. The van der Waals surface area contributed by atoms with E-state index in [2.05, 4.69) is 15.3 Å². The second-order valence-corrected chi connectivity index (χ2v) is 8.27. The van der Waals surface area contributed by atoms with Gasteiger partial charge >= 0.3 is 6.18 Å². The quantitative estimate of drug-likeness (QED) is 0.332. The number of nitrogens with zero attached hydrogens (tertiary/aromatic N) is 2. The van der Waals surface area contributed by atoms with Crippen molar-refractivity contribution < 1.29 is 32.1 Å². The van der Waals surface area contributed by atoms with Crippen LogP contribution in [0.2, 0.25) is 0 Å². The van der Waals surface area contributed by atoms with Crippen LogP contribution in [0.5, 0.6) is 11.5 Å². The number of benzene rings is 2. The summed E-state index contributed by atoms with van der Waals surface area (Å²) in [5.74, 6) is 1.90. The minimum atomic E-state index is -4.50. The summed E-state index contributed by atoms with van der Waals surface area (Å²) in [4.78, 5) is 8.96. The highest BCUT2D eigenvalue weighted by Gasteiger charge is 2.31. The van der Waals surface area contributed by atoms with Gasteiger partial charge in [0, 0.05) is 17.1 Å². The fourth-order valence-electron chi connectivity index (χ4n) is 3.69. The summed E-state index contributed by atoms with van der Waals surface area (Å²) >= 11 is 0. The van der Waals surface area contributed by atoms with Gasteiger partial charge < -0.3 is 30.0 Å². The minimum absolute atomic E-state index is 0.0308. The normalized spacial score (nSPS) is 15.0. The number of halogens is 3. The summed E-state index contributed by atoms with van der Waals surface area (Å²) in [6, 6.07) is 6.45. The lowest BCUT2D eigenvalue weighted by Gasteiger charge is -2.26. The lowest BCUT2D eigenvalue weighted by atomic mass is 10.0. The van der Waals surface area contributed by atoms with E-state index in [-0.39, 0.29) is 11.8 Å². The number of nitrogen functional groups attached to an aromatic ring is 1. The van der Waals surface area contributed by atoms with E-state index < -0.39 is 17.8 Å². The van der Waals surface area contributed by atoms with Crippen molar-refractivity contribution in [3.63, 3.8) is 0 Å². The molecule has 1 aliphatic rings. The zero-order chi connectivity index (χ0) is 25.2. The van der Waals surface area contributed by atoms with Crippen molar-refractivity contribution in [2.75, 3.05) is 44.6 Å². The lowest BCUT2D eigenvalue weighted by Crippen LogP contribution is -2.37. The number of hydrogen-bond acceptors (Lipinski definition) is 8. The van der Waals surface area contributed by atoms with Gasteiger partial charge in [0.05, 0.1) is 44.1 Å². The van der Waals surface area contributed by atoms with Crippen LogP contribution in [0.1, 0.15) is 29.9 Å². The number of nitrogens with two attached hydrogens (primary N) is 1. The monoisotopic (exact) mass is 492 g/mol. The van der Waals surface area contributed by atoms with Crippen LogP contribution in [0, 0.1) is 6.92 Å². The standard InChI is InChI=1S/C24H27F3N4O4/c1-13(15-6-16(24(25,26)27)8-17(28)7-15)29-23-19-9-22(35-5-4-34-18-11-33-12-18)21(32-3)10-20(19)30-14(2)31-23/h6-10,13,18H,4-5,11-12,28H2,1-3H3,(H,29,30,31). The SMILES string of the molecule is COc1cc2nc(C)nc(NC(C)c3cc(N)cc(C(F)(F)F)c3)c2cc1OCCOC1COC1. The fraction of sp³-hybridized carbons (Fsp3) is 0.417. The number of alkyl halides is 3. The van der Waals surface area contributed by atoms with Crippen molar-refractivity contribution >= 4 is 22.4 Å². The van der Waals surface area contributed by atoms with Gasteiger partial charge in [0.1, 0.15) is 24.4 Å². The van der Waals surface area contributed by atoms with Gasteiger partial charge in [-0.05, 0) is 43.7 Å². The summed E-state index contributed by atoms with van der Waals surface area (Å²) in [6.07, 6.45) is -4.41. The van der Waals surface area contributed by atoms with Gasteiger partial charge in [-0.25, -0.2) is 9.97 Å². The molecule has 188 valence electrons. The molecule has 0 aliphatic carbocycles. The van der Waals surface area contributed by atoms with Crippen molar-refractivity contribution in [3.8, 4) is 11.5 Å². The first-order valence-corrected chi connectivity index (χ1v) is 11.1. The molecular weight excluding hydrogens is 465 g/mol. The number of hydrogen-bond donors (Lipinski definition) is 2. The number of fused-ring (bicyclic) bond motifs is 1. The summed E-state index contributed by atoms with van der Waals surface area (Å²) in [7, 11) is 1.53. The lowest BCUT2D eigenvalue weighted by molar-refractivity contribution is -0.137. The fourth-order valence-corrected chi connectivity index (χ4v) is 3.69. The zero-order valence-corrected chi connectivity index (χ0v) is 19.6. The Balaban J connectivity index is 1.60. The van der Waals surface area contributed by atoms with Crippen LogP contribution >= 0.6 is 0 Å². The molecule has 11 heteroatoms.